The van der Waals surface area contributed by atoms with Crippen LogP contribution in [0.1, 0.15) is 5.76 Å². The second-order valence-corrected chi connectivity index (χ2v) is 5.55. The monoisotopic (exact) mass is 265 g/mol. The van der Waals surface area contributed by atoms with Crippen LogP contribution in [0, 0.1) is 6.92 Å². The van der Waals surface area contributed by atoms with Crippen molar-refractivity contribution in [3.8, 4) is 10.8 Å². The number of rotatable bonds is 1. The van der Waals surface area contributed by atoms with Gasteiger partial charge in [-0.05, 0) is 19.1 Å². The molecular formula is C16H11NOS. The van der Waals surface area contributed by atoms with E-state index in [0.717, 1.165) is 32.8 Å². The molecule has 0 spiro atoms. The van der Waals surface area contributed by atoms with E-state index in [0.29, 0.717) is 0 Å². The van der Waals surface area contributed by atoms with E-state index >= 15 is 0 Å². The summed E-state index contributed by atoms with van der Waals surface area (Å²) in [4.78, 5) is 4.67. The van der Waals surface area contributed by atoms with Crippen LogP contribution in [0.3, 0.4) is 0 Å². The first-order valence-electron chi connectivity index (χ1n) is 6.17. The highest BCUT2D eigenvalue weighted by Gasteiger charge is 2.15. The third kappa shape index (κ3) is 1.59. The molecule has 4 rings (SSSR count). The predicted octanol–water partition coefficient (Wildman–Crippen LogP) is 5.02. The summed E-state index contributed by atoms with van der Waals surface area (Å²) in [6.45, 7) is 2.00. The Morgan fingerprint density at radius 1 is 0.947 bits per heavy atom. The number of nitrogens with zero attached hydrogens (tertiary/aromatic N) is 1. The average Bonchev–Trinajstić information content (AvgIpc) is 3.01. The normalized spacial score (nSPS) is 11.4. The van der Waals surface area contributed by atoms with Gasteiger partial charge < -0.3 is 4.42 Å². The Balaban J connectivity index is 2.04. The molecule has 92 valence electrons. The molecule has 0 radical (unpaired) electrons. The number of benzene rings is 2. The first-order chi connectivity index (χ1) is 9.33. The van der Waals surface area contributed by atoms with E-state index in [4.69, 9.17) is 4.42 Å². The van der Waals surface area contributed by atoms with Crippen LogP contribution in [0.4, 0.5) is 0 Å². The van der Waals surface area contributed by atoms with Crippen LogP contribution in [-0.2, 0) is 0 Å². The average molecular weight is 265 g/mol. The molecule has 2 aromatic heterocycles. The van der Waals surface area contributed by atoms with Gasteiger partial charge in [0.2, 0.25) is 0 Å². The molecule has 19 heavy (non-hydrogen) atoms. The molecule has 0 aliphatic rings. The minimum Gasteiger partial charge on any atom is -0.458 e. The zero-order valence-corrected chi connectivity index (χ0v) is 11.2. The van der Waals surface area contributed by atoms with Crippen molar-refractivity contribution in [2.24, 2.45) is 0 Å². The van der Waals surface area contributed by atoms with E-state index in [-0.39, 0.29) is 0 Å². The summed E-state index contributed by atoms with van der Waals surface area (Å²) in [5, 5.41) is 3.25. The zero-order chi connectivity index (χ0) is 12.8. The summed E-state index contributed by atoms with van der Waals surface area (Å²) >= 11 is 1.67. The van der Waals surface area contributed by atoms with Crippen LogP contribution >= 0.6 is 11.3 Å². The van der Waals surface area contributed by atoms with Crippen molar-refractivity contribution in [1.82, 2.24) is 4.98 Å². The molecule has 2 nitrogen and oxygen atoms in total. The van der Waals surface area contributed by atoms with Crippen molar-refractivity contribution in [3.63, 3.8) is 0 Å². The molecule has 0 aliphatic heterocycles. The fourth-order valence-electron chi connectivity index (χ4n) is 2.38. The number of aromatic nitrogens is 1. The molecule has 0 bridgehead atoms. The highest BCUT2D eigenvalue weighted by atomic mass is 32.1. The molecule has 2 heterocycles. The van der Waals surface area contributed by atoms with E-state index in [1.807, 2.05) is 37.3 Å². The quantitative estimate of drug-likeness (QED) is 0.483. The maximum Gasteiger partial charge on any atom is 0.170 e. The first kappa shape index (κ1) is 10.8. The Kier molecular flexibility index (Phi) is 2.23. The third-order valence-corrected chi connectivity index (χ3v) is 4.33. The highest BCUT2D eigenvalue weighted by Crippen LogP contribution is 2.37. The van der Waals surface area contributed by atoms with E-state index in [1.165, 1.54) is 4.70 Å². The zero-order valence-electron chi connectivity index (χ0n) is 10.4. The van der Waals surface area contributed by atoms with Crippen LogP contribution in [-0.4, -0.2) is 4.98 Å². The fraction of sp³-hybridized carbons (Fsp3) is 0.0625. The lowest BCUT2D eigenvalue weighted by molar-refractivity contribution is 0.553. The lowest BCUT2D eigenvalue weighted by Crippen LogP contribution is -1.72. The number of thiazole rings is 1. The molecular weight excluding hydrogens is 254 g/mol. The second kappa shape index (κ2) is 3.93. The van der Waals surface area contributed by atoms with E-state index in [9.17, 15) is 0 Å². The summed E-state index contributed by atoms with van der Waals surface area (Å²) in [5.41, 5.74) is 1.03. The van der Waals surface area contributed by atoms with Gasteiger partial charge in [-0.1, -0.05) is 36.4 Å². The van der Waals surface area contributed by atoms with Crippen LogP contribution < -0.4 is 0 Å². The Morgan fingerprint density at radius 3 is 2.53 bits per heavy atom. The largest absolute Gasteiger partial charge is 0.458 e. The molecule has 0 saturated heterocycles. The molecule has 0 N–H and O–H groups in total. The lowest BCUT2D eigenvalue weighted by atomic mass is 10.1. The highest BCUT2D eigenvalue weighted by molar-refractivity contribution is 7.21. The van der Waals surface area contributed by atoms with Gasteiger partial charge in [0.1, 0.15) is 5.76 Å². The molecule has 0 atom stereocenters. The van der Waals surface area contributed by atoms with Crippen molar-refractivity contribution in [2.75, 3.05) is 0 Å². The molecule has 0 amide bonds. The molecule has 2 aromatic carbocycles. The summed E-state index contributed by atoms with van der Waals surface area (Å²) in [7, 11) is 0. The number of hydrogen-bond donors (Lipinski definition) is 0. The number of hydrogen-bond acceptors (Lipinski definition) is 3. The topological polar surface area (TPSA) is 26.0 Å². The molecule has 0 unspecified atom stereocenters. The Morgan fingerprint density at radius 2 is 1.68 bits per heavy atom. The first-order valence-corrected chi connectivity index (χ1v) is 6.98. The molecule has 4 aromatic rings. The second-order valence-electron chi connectivity index (χ2n) is 4.52. The summed E-state index contributed by atoms with van der Waals surface area (Å²) in [6.07, 6.45) is 0. The minimum absolute atomic E-state index is 0.884. The summed E-state index contributed by atoms with van der Waals surface area (Å²) in [5.74, 6) is 1.83. The minimum atomic E-state index is 0.884. The molecule has 3 heteroatoms. The maximum atomic E-state index is 5.93. The number of aryl methyl sites for hydroxylation is 1. The van der Waals surface area contributed by atoms with E-state index < -0.39 is 0 Å². The van der Waals surface area contributed by atoms with Crippen LogP contribution in [0.2, 0.25) is 0 Å². The Bertz CT molecular complexity index is 855. The Labute approximate surface area is 114 Å². The summed E-state index contributed by atoms with van der Waals surface area (Å²) in [6, 6.07) is 16.4. The molecule has 0 fully saturated rings. The van der Waals surface area contributed by atoms with Gasteiger partial charge in [0.05, 0.1) is 10.2 Å². The van der Waals surface area contributed by atoms with Gasteiger partial charge in [0.25, 0.3) is 0 Å². The number of para-hydroxylation sites is 1. The van der Waals surface area contributed by atoms with Crippen molar-refractivity contribution in [2.45, 2.75) is 6.92 Å². The van der Waals surface area contributed by atoms with Crippen molar-refractivity contribution in [1.29, 1.82) is 0 Å². The lowest BCUT2D eigenvalue weighted by Gasteiger charge is -1.90. The van der Waals surface area contributed by atoms with Gasteiger partial charge in [-0.25, -0.2) is 4.98 Å². The van der Waals surface area contributed by atoms with Crippen LogP contribution in [0.15, 0.2) is 52.9 Å². The summed E-state index contributed by atoms with van der Waals surface area (Å²) < 4.78 is 7.12. The predicted molar refractivity (Wildman–Crippen MR) is 79.6 cm³/mol. The third-order valence-electron chi connectivity index (χ3n) is 3.29. The van der Waals surface area contributed by atoms with E-state index in [1.54, 1.807) is 11.3 Å². The Hall–Kier alpha value is -2.13. The van der Waals surface area contributed by atoms with Gasteiger partial charge in [-0.3, -0.25) is 0 Å². The van der Waals surface area contributed by atoms with Gasteiger partial charge in [0.15, 0.2) is 10.8 Å². The van der Waals surface area contributed by atoms with Gasteiger partial charge >= 0.3 is 0 Å². The van der Waals surface area contributed by atoms with E-state index in [2.05, 4.69) is 23.2 Å². The van der Waals surface area contributed by atoms with Gasteiger partial charge in [0, 0.05) is 10.8 Å². The van der Waals surface area contributed by atoms with Gasteiger partial charge in [-0.2, -0.15) is 0 Å². The number of furan rings is 1. The van der Waals surface area contributed by atoms with Crippen LogP contribution in [0.5, 0.6) is 0 Å². The maximum absolute atomic E-state index is 5.93. The smallest absolute Gasteiger partial charge is 0.170 e. The SMILES string of the molecule is Cc1oc(-c2nc3ccccc3s2)c2ccccc12. The van der Waals surface area contributed by atoms with Gasteiger partial charge in [-0.15, -0.1) is 11.3 Å². The van der Waals surface area contributed by atoms with Crippen molar-refractivity contribution < 1.29 is 4.42 Å². The molecule has 0 aliphatic carbocycles. The molecule has 0 saturated carbocycles. The van der Waals surface area contributed by atoms with Crippen molar-refractivity contribution in [3.05, 3.63) is 54.3 Å². The number of fused-ring (bicyclic) bond motifs is 2. The van der Waals surface area contributed by atoms with Crippen LogP contribution in [0.25, 0.3) is 31.8 Å². The van der Waals surface area contributed by atoms with Crippen molar-refractivity contribution >= 4 is 32.3 Å². The fourth-order valence-corrected chi connectivity index (χ4v) is 3.34. The standard InChI is InChI=1S/C16H11NOS/c1-10-11-6-2-3-7-12(11)15(18-10)16-17-13-8-4-5-9-14(13)19-16/h2-9H,1H3.